The van der Waals surface area contributed by atoms with Gasteiger partial charge in [0.2, 0.25) is 0 Å². The van der Waals surface area contributed by atoms with Gasteiger partial charge in [-0.05, 0) is 43.5 Å². The molecule has 0 radical (unpaired) electrons. The first-order valence-corrected chi connectivity index (χ1v) is 8.08. The highest BCUT2D eigenvalue weighted by molar-refractivity contribution is 5.89. The lowest BCUT2D eigenvalue weighted by atomic mass is 10.1. The number of hydrogen-bond acceptors (Lipinski definition) is 4. The summed E-state index contributed by atoms with van der Waals surface area (Å²) in [5, 5.41) is 9.08. The molecule has 0 bridgehead atoms. The zero-order chi connectivity index (χ0) is 16.9. The number of carbonyl (C=O) groups is 1. The lowest BCUT2D eigenvalue weighted by molar-refractivity contribution is 0.251. The molecular weight excluding hydrogens is 304 g/mol. The molecule has 6 heteroatoms. The molecule has 3 N–H and O–H groups in total. The topological polar surface area (TPSA) is 75.3 Å². The second kappa shape index (κ2) is 7.21. The number of nitrogens with zero attached hydrogens (tertiary/aromatic N) is 1. The summed E-state index contributed by atoms with van der Waals surface area (Å²) in [5.74, 6) is 1.52. The first-order chi connectivity index (χ1) is 11.6. The number of anilines is 2. The summed E-state index contributed by atoms with van der Waals surface area (Å²) in [4.78, 5) is 16.0. The number of carbonyl (C=O) groups excluding carboxylic acids is 1. The van der Waals surface area contributed by atoms with E-state index in [0.717, 1.165) is 35.7 Å². The number of hydrogen-bond donors (Lipinski definition) is 3. The minimum atomic E-state index is -0.142. The minimum Gasteiger partial charge on any atom is -0.497 e. The van der Waals surface area contributed by atoms with E-state index in [0.29, 0.717) is 6.04 Å². The Morgan fingerprint density at radius 3 is 2.67 bits per heavy atom. The predicted octanol–water partition coefficient (Wildman–Crippen LogP) is 3.55. The number of ether oxygens (including phenoxy) is 1. The van der Waals surface area contributed by atoms with Crippen LogP contribution in [0.1, 0.15) is 31.4 Å². The highest BCUT2D eigenvalue weighted by Crippen LogP contribution is 2.22. The second-order valence-electron chi connectivity index (χ2n) is 5.94. The average molecular weight is 326 g/mol. The zero-order valence-corrected chi connectivity index (χ0v) is 13.9. The van der Waals surface area contributed by atoms with E-state index in [2.05, 4.69) is 27.9 Å². The molecule has 2 amide bonds. The maximum Gasteiger partial charge on any atom is 0.319 e. The van der Waals surface area contributed by atoms with Crippen LogP contribution in [0.4, 0.5) is 16.3 Å². The number of rotatable bonds is 6. The van der Waals surface area contributed by atoms with E-state index in [1.165, 1.54) is 0 Å². The molecule has 24 heavy (non-hydrogen) atoms. The summed E-state index contributed by atoms with van der Waals surface area (Å²) in [7, 11) is 1.63. The Morgan fingerprint density at radius 1 is 1.25 bits per heavy atom. The van der Waals surface area contributed by atoms with Gasteiger partial charge in [-0.15, -0.1) is 0 Å². The third-order valence-electron chi connectivity index (χ3n) is 3.91. The molecule has 6 nitrogen and oxygen atoms in total. The van der Waals surface area contributed by atoms with E-state index in [1.807, 2.05) is 36.4 Å². The van der Waals surface area contributed by atoms with E-state index in [9.17, 15) is 4.79 Å². The van der Waals surface area contributed by atoms with E-state index in [-0.39, 0.29) is 12.1 Å². The maximum atomic E-state index is 11.7. The van der Waals surface area contributed by atoms with Crippen molar-refractivity contribution in [2.75, 3.05) is 17.7 Å². The fraction of sp³-hybridized carbons (Fsp3) is 0.333. The molecule has 1 aromatic carbocycles. The van der Waals surface area contributed by atoms with Gasteiger partial charge in [0.25, 0.3) is 0 Å². The monoisotopic (exact) mass is 326 g/mol. The van der Waals surface area contributed by atoms with Gasteiger partial charge in [-0.25, -0.2) is 9.78 Å². The molecule has 1 unspecified atom stereocenters. The van der Waals surface area contributed by atoms with Crippen LogP contribution in [-0.2, 0) is 0 Å². The molecule has 2 aromatic rings. The first-order valence-electron chi connectivity index (χ1n) is 8.08. The van der Waals surface area contributed by atoms with E-state index >= 15 is 0 Å². The molecule has 0 spiro atoms. The van der Waals surface area contributed by atoms with Crippen LogP contribution in [0, 0.1) is 0 Å². The Balaban J connectivity index is 1.58. The SMILES string of the molecule is COc1ccnc(NC(C)c2ccc(NC(=O)NC3CC3)cc2)c1. The third-order valence-corrected chi connectivity index (χ3v) is 3.91. The summed E-state index contributed by atoms with van der Waals surface area (Å²) >= 11 is 0. The van der Waals surface area contributed by atoms with Gasteiger partial charge >= 0.3 is 6.03 Å². The number of urea groups is 1. The van der Waals surface area contributed by atoms with Crippen LogP contribution >= 0.6 is 0 Å². The Labute approximate surface area is 141 Å². The van der Waals surface area contributed by atoms with Crippen LogP contribution in [0.3, 0.4) is 0 Å². The smallest absolute Gasteiger partial charge is 0.319 e. The number of amides is 2. The molecule has 3 rings (SSSR count). The molecule has 0 saturated heterocycles. The predicted molar refractivity (Wildman–Crippen MR) is 94.4 cm³/mol. The quantitative estimate of drug-likeness (QED) is 0.759. The highest BCUT2D eigenvalue weighted by atomic mass is 16.5. The normalized spacial score (nSPS) is 14.6. The third kappa shape index (κ3) is 4.38. The molecule has 1 aliphatic rings. The lowest BCUT2D eigenvalue weighted by Crippen LogP contribution is -2.30. The highest BCUT2D eigenvalue weighted by Gasteiger charge is 2.23. The van der Waals surface area contributed by atoms with Crippen LogP contribution in [0.2, 0.25) is 0 Å². The van der Waals surface area contributed by atoms with Gasteiger partial charge in [0.15, 0.2) is 0 Å². The van der Waals surface area contributed by atoms with E-state index in [1.54, 1.807) is 13.3 Å². The Kier molecular flexibility index (Phi) is 4.84. The van der Waals surface area contributed by atoms with Crippen molar-refractivity contribution in [2.24, 2.45) is 0 Å². The molecule has 0 aliphatic heterocycles. The maximum absolute atomic E-state index is 11.7. The van der Waals surface area contributed by atoms with Crippen molar-refractivity contribution in [2.45, 2.75) is 31.8 Å². The van der Waals surface area contributed by atoms with Crippen molar-refractivity contribution in [3.05, 3.63) is 48.2 Å². The van der Waals surface area contributed by atoms with E-state index in [4.69, 9.17) is 4.74 Å². The molecule has 1 fully saturated rings. The average Bonchev–Trinajstić information content (AvgIpc) is 3.39. The van der Waals surface area contributed by atoms with Crippen molar-refractivity contribution in [3.63, 3.8) is 0 Å². The lowest BCUT2D eigenvalue weighted by Gasteiger charge is -2.16. The minimum absolute atomic E-state index is 0.0824. The number of benzene rings is 1. The van der Waals surface area contributed by atoms with Crippen LogP contribution in [-0.4, -0.2) is 24.2 Å². The summed E-state index contributed by atoms with van der Waals surface area (Å²) in [6, 6.07) is 11.7. The fourth-order valence-corrected chi connectivity index (χ4v) is 2.36. The molecular formula is C18H22N4O2. The van der Waals surface area contributed by atoms with Gasteiger partial charge in [0.1, 0.15) is 11.6 Å². The van der Waals surface area contributed by atoms with Crippen molar-refractivity contribution >= 4 is 17.5 Å². The largest absolute Gasteiger partial charge is 0.497 e. The Bertz CT molecular complexity index is 698. The summed E-state index contributed by atoms with van der Waals surface area (Å²) in [5.41, 5.74) is 1.89. The standard InChI is InChI=1S/C18H22N4O2/c1-12(20-17-11-16(24-2)9-10-19-17)13-3-5-14(6-4-13)21-18(23)22-15-7-8-15/h3-6,9-12,15H,7-8H2,1-2H3,(H,19,20)(H2,21,22,23). The summed E-state index contributed by atoms with van der Waals surface area (Å²) in [6.45, 7) is 2.06. The van der Waals surface area contributed by atoms with Crippen molar-refractivity contribution in [1.82, 2.24) is 10.3 Å². The van der Waals surface area contributed by atoms with Gasteiger partial charge in [0.05, 0.1) is 7.11 Å². The molecule has 1 atom stereocenters. The number of pyridine rings is 1. The van der Waals surface area contributed by atoms with Gasteiger partial charge in [-0.2, -0.15) is 0 Å². The van der Waals surface area contributed by atoms with Crippen LogP contribution in [0.25, 0.3) is 0 Å². The van der Waals surface area contributed by atoms with E-state index < -0.39 is 0 Å². The number of aromatic nitrogens is 1. The van der Waals surface area contributed by atoms with Gasteiger partial charge in [0, 0.05) is 30.0 Å². The molecule has 1 aliphatic carbocycles. The Morgan fingerprint density at radius 2 is 2.00 bits per heavy atom. The molecule has 1 aromatic heterocycles. The van der Waals surface area contributed by atoms with Crippen LogP contribution < -0.4 is 20.7 Å². The number of nitrogens with one attached hydrogen (secondary N) is 3. The van der Waals surface area contributed by atoms with Gasteiger partial charge < -0.3 is 20.7 Å². The first kappa shape index (κ1) is 16.1. The molecule has 1 heterocycles. The van der Waals surface area contributed by atoms with Crippen LogP contribution in [0.15, 0.2) is 42.6 Å². The molecule has 1 saturated carbocycles. The van der Waals surface area contributed by atoms with Crippen LogP contribution in [0.5, 0.6) is 5.75 Å². The summed E-state index contributed by atoms with van der Waals surface area (Å²) in [6.07, 6.45) is 3.86. The van der Waals surface area contributed by atoms with Crippen molar-refractivity contribution < 1.29 is 9.53 Å². The van der Waals surface area contributed by atoms with Gasteiger partial charge in [-0.3, -0.25) is 0 Å². The van der Waals surface area contributed by atoms with Crippen molar-refractivity contribution in [1.29, 1.82) is 0 Å². The molecule has 126 valence electrons. The second-order valence-corrected chi connectivity index (χ2v) is 5.94. The fourth-order valence-electron chi connectivity index (χ4n) is 2.36. The van der Waals surface area contributed by atoms with Crippen molar-refractivity contribution in [3.8, 4) is 5.75 Å². The summed E-state index contributed by atoms with van der Waals surface area (Å²) < 4.78 is 5.20. The zero-order valence-electron chi connectivity index (χ0n) is 13.9. The van der Waals surface area contributed by atoms with Gasteiger partial charge in [-0.1, -0.05) is 12.1 Å². The Hall–Kier alpha value is -2.76. The number of methoxy groups -OCH3 is 1.